The minimum Gasteiger partial charge on any atom is -0.321 e. The summed E-state index contributed by atoms with van der Waals surface area (Å²) >= 11 is 0. The number of nitrogens with one attached hydrogen (secondary N) is 2. The highest BCUT2D eigenvalue weighted by molar-refractivity contribution is 6.24. The molecule has 2 aliphatic rings. The Hall–Kier alpha value is -2.66. The molecule has 2 aromatic carbocycles. The Morgan fingerprint density at radius 2 is 2.04 bits per heavy atom. The Kier molecular flexibility index (Phi) is 3.35. The van der Waals surface area contributed by atoms with Gasteiger partial charge in [-0.15, -0.1) is 0 Å². The Bertz CT molecular complexity index is 969. The summed E-state index contributed by atoms with van der Waals surface area (Å²) in [6, 6.07) is 10.6. The van der Waals surface area contributed by atoms with Gasteiger partial charge in [-0.1, -0.05) is 18.2 Å². The summed E-state index contributed by atoms with van der Waals surface area (Å²) in [6.45, 7) is 2.13. The van der Waals surface area contributed by atoms with Gasteiger partial charge < -0.3 is 10.6 Å². The van der Waals surface area contributed by atoms with Gasteiger partial charge in [-0.25, -0.2) is 0 Å². The third-order valence-corrected chi connectivity index (χ3v) is 5.36. The topological polar surface area (TPSA) is 59.0 Å². The van der Waals surface area contributed by atoms with Crippen LogP contribution in [0.25, 0.3) is 10.8 Å². The van der Waals surface area contributed by atoms with Crippen LogP contribution in [-0.4, -0.2) is 28.8 Å². The van der Waals surface area contributed by atoms with Crippen LogP contribution in [0.1, 0.15) is 40.4 Å². The Labute approximate surface area is 146 Å². The van der Waals surface area contributed by atoms with Gasteiger partial charge in [-0.2, -0.15) is 5.10 Å². The summed E-state index contributed by atoms with van der Waals surface area (Å²) in [5, 5.41) is 13.1. The Balaban J connectivity index is 1.48. The van der Waals surface area contributed by atoms with E-state index in [2.05, 4.69) is 38.7 Å². The quantitative estimate of drug-likeness (QED) is 0.775. The molecule has 5 heteroatoms. The van der Waals surface area contributed by atoms with E-state index in [1.165, 1.54) is 11.1 Å². The van der Waals surface area contributed by atoms with Crippen LogP contribution in [0.4, 0.5) is 5.69 Å². The van der Waals surface area contributed by atoms with Crippen molar-refractivity contribution < 1.29 is 4.79 Å². The number of benzene rings is 2. The van der Waals surface area contributed by atoms with E-state index in [0.29, 0.717) is 6.04 Å². The lowest BCUT2D eigenvalue weighted by Gasteiger charge is -2.22. The van der Waals surface area contributed by atoms with E-state index in [1.807, 2.05) is 24.4 Å². The molecule has 1 aromatic heterocycles. The highest BCUT2D eigenvalue weighted by Gasteiger charge is 2.22. The average Bonchev–Trinajstić information content (AvgIpc) is 3.24. The number of nitrogens with zero attached hydrogens (tertiary/aromatic N) is 2. The highest BCUT2D eigenvalue weighted by atomic mass is 16.1. The zero-order chi connectivity index (χ0) is 16.8. The van der Waals surface area contributed by atoms with Crippen molar-refractivity contribution >= 4 is 22.4 Å². The lowest BCUT2D eigenvalue weighted by atomic mass is 9.97. The van der Waals surface area contributed by atoms with Crippen LogP contribution in [0, 0.1) is 0 Å². The zero-order valence-electron chi connectivity index (χ0n) is 14.0. The number of piperidine rings is 1. The zero-order valence-corrected chi connectivity index (χ0v) is 14.0. The van der Waals surface area contributed by atoms with Crippen LogP contribution >= 0.6 is 0 Å². The van der Waals surface area contributed by atoms with Crippen molar-refractivity contribution in [3.05, 3.63) is 59.4 Å². The van der Waals surface area contributed by atoms with E-state index in [9.17, 15) is 4.79 Å². The first-order valence-corrected chi connectivity index (χ1v) is 8.89. The van der Waals surface area contributed by atoms with Crippen LogP contribution in [0.2, 0.25) is 0 Å². The predicted octanol–water partition coefficient (Wildman–Crippen LogP) is 3.12. The van der Waals surface area contributed by atoms with Crippen LogP contribution in [0.3, 0.4) is 0 Å². The van der Waals surface area contributed by atoms with Gasteiger partial charge in [-0.05, 0) is 54.6 Å². The Morgan fingerprint density at radius 1 is 1.16 bits per heavy atom. The van der Waals surface area contributed by atoms with Gasteiger partial charge >= 0.3 is 0 Å². The van der Waals surface area contributed by atoms with Crippen molar-refractivity contribution in [3.63, 3.8) is 0 Å². The molecule has 1 amide bonds. The van der Waals surface area contributed by atoms with Gasteiger partial charge in [0.25, 0.3) is 5.91 Å². The normalized spacial score (nSPS) is 17.2. The van der Waals surface area contributed by atoms with Gasteiger partial charge in [0.15, 0.2) is 0 Å². The van der Waals surface area contributed by atoms with Crippen molar-refractivity contribution in [2.45, 2.75) is 25.3 Å². The number of carbonyl (C=O) groups excluding carboxylic acids is 1. The molecule has 5 rings (SSSR count). The van der Waals surface area contributed by atoms with Crippen molar-refractivity contribution in [2.75, 3.05) is 18.4 Å². The highest BCUT2D eigenvalue weighted by Crippen LogP contribution is 2.35. The van der Waals surface area contributed by atoms with Gasteiger partial charge in [0.2, 0.25) is 0 Å². The number of hydrogen-bond acceptors (Lipinski definition) is 3. The molecule has 0 atom stereocenters. The molecule has 0 unspecified atom stereocenters. The lowest BCUT2D eigenvalue weighted by Crippen LogP contribution is -2.29. The molecule has 3 aromatic rings. The van der Waals surface area contributed by atoms with E-state index in [-0.39, 0.29) is 5.91 Å². The molecule has 2 N–H and O–H groups in total. The van der Waals surface area contributed by atoms with E-state index < -0.39 is 0 Å². The number of anilines is 1. The summed E-state index contributed by atoms with van der Waals surface area (Å²) in [4.78, 5) is 12.1. The number of aromatic nitrogens is 2. The molecule has 3 heterocycles. The molecule has 0 saturated carbocycles. The number of amides is 1. The second kappa shape index (κ2) is 5.70. The van der Waals surface area contributed by atoms with Crippen LogP contribution in [0.5, 0.6) is 0 Å². The molecule has 0 bridgehead atoms. The Morgan fingerprint density at radius 3 is 2.92 bits per heavy atom. The summed E-state index contributed by atoms with van der Waals surface area (Å²) in [5.74, 6) is -0.00326. The predicted molar refractivity (Wildman–Crippen MR) is 98.1 cm³/mol. The number of rotatable bonds is 3. The van der Waals surface area contributed by atoms with Crippen molar-refractivity contribution in [2.24, 2.45) is 0 Å². The molecule has 0 spiro atoms. The third kappa shape index (κ3) is 2.43. The molecular weight excluding hydrogens is 312 g/mol. The summed E-state index contributed by atoms with van der Waals surface area (Å²) in [6.07, 6.45) is 7.27. The molecule has 2 aliphatic heterocycles. The van der Waals surface area contributed by atoms with Crippen molar-refractivity contribution in [3.8, 4) is 0 Å². The average molecular weight is 332 g/mol. The molecule has 1 saturated heterocycles. The first kappa shape index (κ1) is 14.7. The fourth-order valence-corrected chi connectivity index (χ4v) is 4.06. The van der Waals surface area contributed by atoms with Crippen LogP contribution < -0.4 is 10.6 Å². The maximum absolute atomic E-state index is 12.1. The van der Waals surface area contributed by atoms with E-state index in [1.54, 1.807) is 0 Å². The van der Waals surface area contributed by atoms with Gasteiger partial charge in [0.05, 0.1) is 12.2 Å². The fraction of sp³-hybridized carbons (Fsp3) is 0.300. The number of carbonyl (C=O) groups is 1. The smallest absolute Gasteiger partial charge is 0.256 e. The van der Waals surface area contributed by atoms with Crippen LogP contribution in [0.15, 0.2) is 42.7 Å². The van der Waals surface area contributed by atoms with Crippen molar-refractivity contribution in [1.82, 2.24) is 15.1 Å². The van der Waals surface area contributed by atoms with Gasteiger partial charge in [-0.3, -0.25) is 9.48 Å². The summed E-state index contributed by atoms with van der Waals surface area (Å²) in [5.41, 5.74) is 4.16. The van der Waals surface area contributed by atoms with E-state index >= 15 is 0 Å². The summed E-state index contributed by atoms with van der Waals surface area (Å²) in [7, 11) is 0. The fourth-order valence-electron chi connectivity index (χ4n) is 4.06. The lowest BCUT2D eigenvalue weighted by molar-refractivity contribution is 0.103. The summed E-state index contributed by atoms with van der Waals surface area (Å²) < 4.78 is 2.13. The van der Waals surface area contributed by atoms with E-state index in [0.717, 1.165) is 54.4 Å². The molecule has 0 aliphatic carbocycles. The molecular formula is C20H20N4O. The van der Waals surface area contributed by atoms with Crippen molar-refractivity contribution in [1.29, 1.82) is 0 Å². The minimum absolute atomic E-state index is 0.00326. The first-order chi connectivity index (χ1) is 12.3. The maximum Gasteiger partial charge on any atom is 0.256 e. The number of hydrogen-bond donors (Lipinski definition) is 2. The monoisotopic (exact) mass is 332 g/mol. The second-order valence-electron chi connectivity index (χ2n) is 6.94. The molecule has 126 valence electrons. The molecule has 1 fully saturated rings. The maximum atomic E-state index is 12.1. The standard InChI is InChI=1S/C20H20N4O/c25-20-17-3-1-2-16-14(4-5-18(23-20)19(16)17)10-13-11-22-24(12-13)15-6-8-21-9-7-15/h1-5,11-12,15,21H,6-10H2,(H,23,25). The van der Waals surface area contributed by atoms with Gasteiger partial charge in [0, 0.05) is 29.3 Å². The van der Waals surface area contributed by atoms with E-state index in [4.69, 9.17) is 0 Å². The SMILES string of the molecule is O=C1Nc2ccc(Cc3cnn(C4CCNCC4)c3)c3cccc1c23. The van der Waals surface area contributed by atoms with Gasteiger partial charge in [0.1, 0.15) is 0 Å². The first-order valence-electron chi connectivity index (χ1n) is 8.89. The molecule has 5 nitrogen and oxygen atoms in total. The van der Waals surface area contributed by atoms with Crippen LogP contribution in [-0.2, 0) is 6.42 Å². The molecule has 0 radical (unpaired) electrons. The second-order valence-corrected chi connectivity index (χ2v) is 6.94. The largest absolute Gasteiger partial charge is 0.321 e. The third-order valence-electron chi connectivity index (χ3n) is 5.36. The molecule has 25 heavy (non-hydrogen) atoms. The minimum atomic E-state index is -0.00326.